The molecule has 6 nitrogen and oxygen atoms in total. The molecule has 2 fully saturated rings. The number of benzene rings is 1. The van der Waals surface area contributed by atoms with Gasteiger partial charge >= 0.3 is 5.97 Å². The predicted octanol–water partition coefficient (Wildman–Crippen LogP) is 1.85. The number of carbonyl (C=O) groups excluding carboxylic acids is 2. The van der Waals surface area contributed by atoms with E-state index >= 15 is 0 Å². The van der Waals surface area contributed by atoms with Crippen LogP contribution in [0.3, 0.4) is 0 Å². The monoisotopic (exact) mass is 358 g/mol. The van der Waals surface area contributed by atoms with Gasteiger partial charge in [0.2, 0.25) is 11.8 Å². The summed E-state index contributed by atoms with van der Waals surface area (Å²) in [5, 5.41) is 9.52. The molecule has 2 amide bonds. The van der Waals surface area contributed by atoms with Crippen molar-refractivity contribution in [2.45, 2.75) is 44.6 Å². The molecular weight excluding hydrogens is 332 g/mol. The Morgan fingerprint density at radius 3 is 2.50 bits per heavy atom. The molecule has 6 heteroatoms. The lowest BCUT2D eigenvalue weighted by Crippen LogP contribution is -2.57. The maximum Gasteiger partial charge on any atom is 0.309 e. The van der Waals surface area contributed by atoms with E-state index in [-0.39, 0.29) is 18.2 Å². The number of likely N-dealkylation sites (tertiary alicyclic amines) is 2. The average molecular weight is 358 g/mol. The van der Waals surface area contributed by atoms with Crippen LogP contribution in [0.1, 0.15) is 36.8 Å². The Morgan fingerprint density at radius 2 is 1.88 bits per heavy atom. The first-order valence-electron chi connectivity index (χ1n) is 9.17. The number of carboxylic acids is 1. The summed E-state index contributed by atoms with van der Waals surface area (Å²) < 4.78 is 0. The van der Waals surface area contributed by atoms with Crippen LogP contribution in [0.5, 0.6) is 0 Å². The van der Waals surface area contributed by atoms with Crippen molar-refractivity contribution in [3.05, 3.63) is 35.4 Å². The highest BCUT2D eigenvalue weighted by atomic mass is 16.4. The van der Waals surface area contributed by atoms with E-state index in [0.717, 1.165) is 0 Å². The van der Waals surface area contributed by atoms with E-state index in [2.05, 4.69) is 0 Å². The average Bonchev–Trinajstić information content (AvgIpc) is 2.87. The van der Waals surface area contributed by atoms with E-state index < -0.39 is 17.4 Å². The number of piperidine rings is 1. The second kappa shape index (κ2) is 7.09. The second-order valence-electron chi connectivity index (χ2n) is 7.46. The number of hydrogen-bond donors (Lipinski definition) is 1. The van der Waals surface area contributed by atoms with Crippen molar-refractivity contribution < 1.29 is 19.5 Å². The minimum atomic E-state index is -0.915. The normalized spacial score (nSPS) is 22.1. The van der Waals surface area contributed by atoms with Gasteiger partial charge in [0, 0.05) is 33.0 Å². The van der Waals surface area contributed by atoms with E-state index in [1.165, 1.54) is 11.1 Å². The zero-order valence-corrected chi connectivity index (χ0v) is 15.4. The summed E-state index contributed by atoms with van der Waals surface area (Å²) in [6, 6.07) is 8.06. The van der Waals surface area contributed by atoms with Gasteiger partial charge < -0.3 is 14.9 Å². The molecule has 2 aliphatic rings. The third-order valence-corrected chi connectivity index (χ3v) is 6.22. The van der Waals surface area contributed by atoms with Crippen LogP contribution in [-0.4, -0.2) is 58.4 Å². The van der Waals surface area contributed by atoms with Crippen molar-refractivity contribution in [3.8, 4) is 0 Å². The van der Waals surface area contributed by atoms with Crippen molar-refractivity contribution in [2.24, 2.45) is 5.92 Å². The minimum Gasteiger partial charge on any atom is -0.481 e. The number of aryl methyl sites for hydroxylation is 2. The quantitative estimate of drug-likeness (QED) is 0.891. The Labute approximate surface area is 153 Å². The van der Waals surface area contributed by atoms with Gasteiger partial charge in [0.25, 0.3) is 0 Å². The number of aliphatic carboxylic acids is 1. The van der Waals surface area contributed by atoms with Crippen LogP contribution >= 0.6 is 0 Å². The zero-order chi connectivity index (χ0) is 18.9. The molecule has 1 spiro atoms. The van der Waals surface area contributed by atoms with Gasteiger partial charge in [0.05, 0.1) is 11.5 Å². The van der Waals surface area contributed by atoms with Crippen LogP contribution in [0.4, 0.5) is 0 Å². The van der Waals surface area contributed by atoms with E-state index in [1.54, 1.807) is 11.9 Å². The Bertz CT molecular complexity index is 722. The smallest absolute Gasteiger partial charge is 0.309 e. The van der Waals surface area contributed by atoms with Gasteiger partial charge in [-0.2, -0.15) is 0 Å². The molecule has 2 aliphatic heterocycles. The summed E-state index contributed by atoms with van der Waals surface area (Å²) in [5.41, 5.74) is 1.73. The molecule has 0 unspecified atom stereocenters. The van der Waals surface area contributed by atoms with Gasteiger partial charge in [-0.3, -0.25) is 14.4 Å². The SMILES string of the molecule is Cc1ccccc1CCC(=O)N1CCC2(CC1)[C@H](C(=O)O)CC(=O)N2C. The lowest BCUT2D eigenvalue weighted by atomic mass is 9.77. The molecule has 1 N–H and O–H groups in total. The number of amides is 2. The topological polar surface area (TPSA) is 77.9 Å². The van der Waals surface area contributed by atoms with Crippen molar-refractivity contribution >= 4 is 17.8 Å². The highest BCUT2D eigenvalue weighted by Gasteiger charge is 2.55. The number of carbonyl (C=O) groups is 3. The fourth-order valence-electron chi connectivity index (χ4n) is 4.42. The molecule has 0 saturated carbocycles. The molecule has 1 atom stereocenters. The van der Waals surface area contributed by atoms with Crippen LogP contribution in [0.15, 0.2) is 24.3 Å². The standard InChI is InChI=1S/C20H26N2O4/c1-14-5-3-4-6-15(14)7-8-17(23)22-11-9-20(10-12-22)16(19(25)26)13-18(24)21(20)2/h3-6,16H,7-13H2,1-2H3,(H,25,26)/t16-/m0/s1. The number of carboxylic acid groups (broad SMARTS) is 1. The lowest BCUT2D eigenvalue weighted by molar-refractivity contribution is -0.147. The van der Waals surface area contributed by atoms with Gasteiger partial charge in [-0.05, 0) is 37.3 Å². The van der Waals surface area contributed by atoms with Crippen LogP contribution in [-0.2, 0) is 20.8 Å². The maximum atomic E-state index is 12.6. The summed E-state index contributed by atoms with van der Waals surface area (Å²) >= 11 is 0. The fraction of sp³-hybridized carbons (Fsp3) is 0.550. The largest absolute Gasteiger partial charge is 0.481 e. The molecule has 3 rings (SSSR count). The summed E-state index contributed by atoms with van der Waals surface area (Å²) in [5.74, 6) is -1.61. The first kappa shape index (κ1) is 18.4. The maximum absolute atomic E-state index is 12.6. The minimum absolute atomic E-state index is 0.0626. The molecule has 2 saturated heterocycles. The number of nitrogens with zero attached hydrogens (tertiary/aromatic N) is 2. The number of hydrogen-bond acceptors (Lipinski definition) is 3. The molecule has 140 valence electrons. The van der Waals surface area contributed by atoms with E-state index in [9.17, 15) is 19.5 Å². The van der Waals surface area contributed by atoms with Crippen molar-refractivity contribution in [3.63, 3.8) is 0 Å². The van der Waals surface area contributed by atoms with Crippen LogP contribution < -0.4 is 0 Å². The van der Waals surface area contributed by atoms with Crippen LogP contribution in [0.25, 0.3) is 0 Å². The predicted molar refractivity (Wildman–Crippen MR) is 96.6 cm³/mol. The van der Waals surface area contributed by atoms with Crippen molar-refractivity contribution in [1.82, 2.24) is 9.80 Å². The summed E-state index contributed by atoms with van der Waals surface area (Å²) in [6.07, 6.45) is 2.29. The second-order valence-corrected chi connectivity index (χ2v) is 7.46. The summed E-state index contributed by atoms with van der Waals surface area (Å²) in [4.78, 5) is 39.7. The Hall–Kier alpha value is -2.37. The van der Waals surface area contributed by atoms with Gasteiger partial charge in [0.15, 0.2) is 0 Å². The molecule has 0 radical (unpaired) electrons. The van der Waals surface area contributed by atoms with Gasteiger partial charge in [0.1, 0.15) is 0 Å². The van der Waals surface area contributed by atoms with Crippen molar-refractivity contribution in [2.75, 3.05) is 20.1 Å². The molecular formula is C20H26N2O4. The highest BCUT2D eigenvalue weighted by molar-refractivity contribution is 5.88. The molecule has 1 aromatic carbocycles. The molecule has 1 aromatic rings. The first-order chi connectivity index (χ1) is 12.3. The Balaban J connectivity index is 1.61. The van der Waals surface area contributed by atoms with E-state index in [4.69, 9.17) is 0 Å². The van der Waals surface area contributed by atoms with Gasteiger partial charge in [-0.15, -0.1) is 0 Å². The molecule has 0 aliphatic carbocycles. The molecule has 0 bridgehead atoms. The van der Waals surface area contributed by atoms with Gasteiger partial charge in [-0.1, -0.05) is 24.3 Å². The Kier molecular flexibility index (Phi) is 5.03. The van der Waals surface area contributed by atoms with Crippen LogP contribution in [0, 0.1) is 12.8 Å². The fourth-order valence-corrected chi connectivity index (χ4v) is 4.42. The summed E-state index contributed by atoms with van der Waals surface area (Å²) in [6.45, 7) is 3.06. The summed E-state index contributed by atoms with van der Waals surface area (Å²) in [7, 11) is 1.70. The molecule has 2 heterocycles. The third kappa shape index (κ3) is 3.20. The Morgan fingerprint density at radius 1 is 1.23 bits per heavy atom. The lowest BCUT2D eigenvalue weighted by Gasteiger charge is -2.45. The molecule has 0 aromatic heterocycles. The number of rotatable bonds is 4. The zero-order valence-electron chi connectivity index (χ0n) is 15.4. The van der Waals surface area contributed by atoms with Gasteiger partial charge in [-0.25, -0.2) is 0 Å². The van der Waals surface area contributed by atoms with Crippen molar-refractivity contribution in [1.29, 1.82) is 0 Å². The van der Waals surface area contributed by atoms with Crippen LogP contribution in [0.2, 0.25) is 0 Å². The first-order valence-corrected chi connectivity index (χ1v) is 9.17. The molecule has 26 heavy (non-hydrogen) atoms. The third-order valence-electron chi connectivity index (χ3n) is 6.22. The van der Waals surface area contributed by atoms with E-state index in [1.807, 2.05) is 36.1 Å². The highest BCUT2D eigenvalue weighted by Crippen LogP contribution is 2.42. The van der Waals surface area contributed by atoms with E-state index in [0.29, 0.717) is 38.8 Å².